The second-order valence-corrected chi connectivity index (χ2v) is 0. The molecule has 93 valence electrons. The molecule has 0 saturated heterocycles. The van der Waals surface area contributed by atoms with Crippen molar-refractivity contribution in [1.29, 1.82) is 0 Å². The summed E-state index contributed by atoms with van der Waals surface area (Å²) in [7, 11) is 0. The number of hydrogen-bond donors (Lipinski definition) is 0. The van der Waals surface area contributed by atoms with Crippen molar-refractivity contribution in [3.8, 4) is 0 Å². The van der Waals surface area contributed by atoms with Gasteiger partial charge >= 0.3 is 0 Å². The van der Waals surface area contributed by atoms with E-state index in [1.165, 1.54) is 0 Å². The predicted octanol–water partition coefficient (Wildman–Crippen LogP) is -2.39. The molecule has 0 aromatic rings. The first-order valence-electron chi connectivity index (χ1n) is 0. The minimum Gasteiger partial charge on any atom is 0 e. The van der Waals surface area contributed by atoms with Crippen LogP contribution in [0.1, 0.15) is 0 Å². The summed E-state index contributed by atoms with van der Waals surface area (Å²) in [4.78, 5) is 0. The first-order valence-corrected chi connectivity index (χ1v) is 0. The van der Waals surface area contributed by atoms with Crippen LogP contribution < -0.4 is 0 Å². The van der Waals surface area contributed by atoms with Crippen LogP contribution in [0.5, 0.6) is 0 Å². The Balaban J connectivity index is 0. The summed E-state index contributed by atoms with van der Waals surface area (Å²) in [6.07, 6.45) is 0. The minimum atomic E-state index is 0. The molecule has 0 aromatic heterocycles. The average molecular weight is 590 g/mol. The fourth-order valence-corrected chi connectivity index (χ4v) is 0. The van der Waals surface area contributed by atoms with Gasteiger partial charge in [-0.25, -0.2) is 0 Å². The molecule has 0 spiro atoms. The summed E-state index contributed by atoms with van der Waals surface area (Å²) < 4.78 is 0. The molecule has 0 aromatic carbocycles. The van der Waals surface area contributed by atoms with Gasteiger partial charge in [0.2, 0.25) is 0 Å². The van der Waals surface area contributed by atoms with E-state index in [1.54, 1.807) is 0 Å². The Labute approximate surface area is 182 Å². The molecule has 0 unspecified atom stereocenters. The molecule has 0 aliphatic rings. The fraction of sp³-hybridized carbons (Fsp3) is 0. The minimum absolute atomic E-state index is 0. The first-order chi connectivity index (χ1) is 0. The second kappa shape index (κ2) is 106. The van der Waals surface area contributed by atoms with Crippen molar-refractivity contribution in [3.63, 3.8) is 0 Å². The summed E-state index contributed by atoms with van der Waals surface area (Å²) in [6.45, 7) is 0. The van der Waals surface area contributed by atoms with E-state index in [4.69, 9.17) is 0 Å². The molecule has 0 atom stereocenters. The van der Waals surface area contributed by atoms with Gasteiger partial charge in [0, 0.05) is 151 Å². The molecule has 0 heterocycles. The maximum Gasteiger partial charge on any atom is 0.187 e. The largest absolute Gasteiger partial charge is 0.187 e. The van der Waals surface area contributed by atoms with Crippen LogP contribution in [0.4, 0.5) is 0 Å². The Hall–Kier alpha value is 5.62. The zero-order chi connectivity index (χ0) is 0. The molecular formula is H6Al2Co9. The summed E-state index contributed by atoms with van der Waals surface area (Å²) >= 11 is 0. The SMILES string of the molecule is [AlH3].[AlH3].[Co].[Co].[Co].[Co].[Co].[Co].[Co].[Co].[Co]. The predicted molar refractivity (Wildman–Crippen MR) is 19.9 cm³/mol. The van der Waals surface area contributed by atoms with Crippen LogP contribution in [0.25, 0.3) is 0 Å². The molecule has 0 rings (SSSR count). The Morgan fingerprint density at radius 1 is 0.182 bits per heavy atom. The molecule has 0 amide bonds. The molecule has 0 N–H and O–H groups in total. The van der Waals surface area contributed by atoms with Gasteiger partial charge < -0.3 is 0 Å². The molecule has 9 radical (unpaired) electrons. The van der Waals surface area contributed by atoms with E-state index in [-0.39, 0.29) is 186 Å². The molecule has 0 aliphatic carbocycles. The van der Waals surface area contributed by atoms with E-state index in [0.717, 1.165) is 0 Å². The molecule has 11 heteroatoms. The van der Waals surface area contributed by atoms with Crippen LogP contribution in [0.3, 0.4) is 0 Å². The van der Waals surface area contributed by atoms with E-state index < -0.39 is 0 Å². The van der Waals surface area contributed by atoms with Gasteiger partial charge in [0.1, 0.15) is 0 Å². The summed E-state index contributed by atoms with van der Waals surface area (Å²) in [5.74, 6) is 0. The van der Waals surface area contributed by atoms with E-state index in [9.17, 15) is 0 Å². The number of rotatable bonds is 0. The van der Waals surface area contributed by atoms with Gasteiger partial charge in [-0.05, 0) is 0 Å². The first kappa shape index (κ1) is 128. The Morgan fingerprint density at radius 2 is 0.182 bits per heavy atom. The topological polar surface area (TPSA) is 0 Å². The van der Waals surface area contributed by atoms with Crippen LogP contribution in [0, 0.1) is 0 Å². The fourth-order valence-electron chi connectivity index (χ4n) is 0. The van der Waals surface area contributed by atoms with Gasteiger partial charge in [0.05, 0.1) is 0 Å². The molecule has 0 nitrogen and oxygen atoms in total. The maximum atomic E-state index is 0. The van der Waals surface area contributed by atoms with Crippen molar-refractivity contribution in [2.75, 3.05) is 0 Å². The zero-order valence-corrected chi connectivity index (χ0v) is 12.4. The van der Waals surface area contributed by atoms with Gasteiger partial charge in [0.15, 0.2) is 34.7 Å². The van der Waals surface area contributed by atoms with Crippen LogP contribution >= 0.6 is 0 Å². The van der Waals surface area contributed by atoms with Crippen molar-refractivity contribution >= 4 is 34.7 Å². The molecule has 0 fully saturated rings. The van der Waals surface area contributed by atoms with Crippen LogP contribution in [-0.2, 0) is 151 Å². The third kappa shape index (κ3) is 91.7. The summed E-state index contributed by atoms with van der Waals surface area (Å²) in [6, 6.07) is 0. The van der Waals surface area contributed by atoms with Crippen molar-refractivity contribution in [2.45, 2.75) is 0 Å². The molecule has 0 bridgehead atoms. The normalized spacial score (nSPS) is 0. The molecular weight excluding hydrogens is 584 g/mol. The summed E-state index contributed by atoms with van der Waals surface area (Å²) in [5.41, 5.74) is 0. The van der Waals surface area contributed by atoms with Crippen molar-refractivity contribution in [1.82, 2.24) is 0 Å². The Bertz CT molecular complexity index is 7.52. The third-order valence-electron chi connectivity index (χ3n) is 0. The molecule has 0 saturated carbocycles. The number of hydrogen-bond acceptors (Lipinski definition) is 0. The van der Waals surface area contributed by atoms with Gasteiger partial charge in [-0.1, -0.05) is 0 Å². The van der Waals surface area contributed by atoms with Crippen molar-refractivity contribution in [3.05, 3.63) is 0 Å². The Kier molecular flexibility index (Phi) is 1230. The smallest absolute Gasteiger partial charge is 0 e. The van der Waals surface area contributed by atoms with Crippen LogP contribution in [0.2, 0.25) is 0 Å². The van der Waals surface area contributed by atoms with E-state index in [0.29, 0.717) is 0 Å². The summed E-state index contributed by atoms with van der Waals surface area (Å²) in [5, 5.41) is 0. The van der Waals surface area contributed by atoms with Crippen molar-refractivity contribution < 1.29 is 151 Å². The van der Waals surface area contributed by atoms with Gasteiger partial charge in [-0.3, -0.25) is 0 Å². The second-order valence-electron chi connectivity index (χ2n) is 0. The molecule has 0 aliphatic heterocycles. The van der Waals surface area contributed by atoms with E-state index in [1.807, 2.05) is 0 Å². The van der Waals surface area contributed by atoms with Gasteiger partial charge in [0.25, 0.3) is 0 Å². The van der Waals surface area contributed by atoms with Crippen molar-refractivity contribution in [2.24, 2.45) is 0 Å². The van der Waals surface area contributed by atoms with E-state index >= 15 is 0 Å². The zero-order valence-electron chi connectivity index (χ0n) is 3.00. The Morgan fingerprint density at radius 3 is 0.182 bits per heavy atom. The van der Waals surface area contributed by atoms with Crippen LogP contribution in [-0.4, -0.2) is 34.7 Å². The maximum absolute atomic E-state index is 0. The van der Waals surface area contributed by atoms with Crippen LogP contribution in [0.15, 0.2) is 0 Å². The standard InChI is InChI=1S/2Al.9Co.6H. The van der Waals surface area contributed by atoms with Gasteiger partial charge in [-0.2, -0.15) is 0 Å². The van der Waals surface area contributed by atoms with Gasteiger partial charge in [-0.15, -0.1) is 0 Å². The molecule has 11 heavy (non-hydrogen) atoms. The average Bonchev–Trinajstić information content (AvgIpc) is 0. The third-order valence-corrected chi connectivity index (χ3v) is 0. The quantitative estimate of drug-likeness (QED) is 0.277. The monoisotopic (exact) mass is 590 g/mol. The van der Waals surface area contributed by atoms with E-state index in [2.05, 4.69) is 0 Å².